The number of rotatable bonds is 4. The van der Waals surface area contributed by atoms with Gasteiger partial charge in [-0.15, -0.1) is 11.8 Å². The maximum Gasteiger partial charge on any atom is 0.123 e. The van der Waals surface area contributed by atoms with Crippen molar-refractivity contribution >= 4 is 29.0 Å². The Morgan fingerprint density at radius 2 is 1.81 bits per heavy atom. The van der Waals surface area contributed by atoms with Crippen molar-refractivity contribution in [3.05, 3.63) is 70.5 Å². The molecule has 1 aliphatic rings. The number of fused-ring (bicyclic) bond motifs is 1. The summed E-state index contributed by atoms with van der Waals surface area (Å²) in [5, 5.41) is 4.66. The second kappa shape index (κ2) is 7.31. The molecule has 5 heteroatoms. The van der Waals surface area contributed by atoms with Crippen LogP contribution in [0.1, 0.15) is 22.3 Å². The van der Waals surface area contributed by atoms with Crippen LogP contribution in [-0.2, 0) is 13.0 Å². The van der Waals surface area contributed by atoms with Crippen LogP contribution in [0, 0.1) is 19.7 Å². The van der Waals surface area contributed by atoms with Gasteiger partial charge in [0.1, 0.15) is 11.6 Å². The van der Waals surface area contributed by atoms with Crippen molar-refractivity contribution in [3.63, 3.8) is 0 Å². The van der Waals surface area contributed by atoms with E-state index in [1.54, 1.807) is 23.9 Å². The molecule has 140 valence electrons. The van der Waals surface area contributed by atoms with E-state index in [4.69, 9.17) is 0 Å². The van der Waals surface area contributed by atoms with E-state index in [0.717, 1.165) is 41.6 Å². The van der Waals surface area contributed by atoms with Crippen molar-refractivity contribution < 1.29 is 4.39 Å². The second-order valence-corrected chi connectivity index (χ2v) is 7.95. The lowest BCUT2D eigenvalue weighted by molar-refractivity contribution is 0.619. The summed E-state index contributed by atoms with van der Waals surface area (Å²) in [7, 11) is 0. The lowest BCUT2D eigenvalue weighted by Gasteiger charge is -2.31. The number of H-pyrrole nitrogens is 1. The van der Waals surface area contributed by atoms with E-state index in [1.165, 1.54) is 22.4 Å². The maximum atomic E-state index is 13.4. The normalized spacial score (nSPS) is 13.6. The highest BCUT2D eigenvalue weighted by Crippen LogP contribution is 2.32. The van der Waals surface area contributed by atoms with Crippen LogP contribution in [0.15, 0.2) is 47.5 Å². The molecule has 1 aromatic heterocycles. The molecule has 0 fully saturated rings. The molecule has 2 N–H and O–H groups in total. The number of nitrogens with one attached hydrogen (secondary N) is 2. The summed E-state index contributed by atoms with van der Waals surface area (Å²) in [6, 6.07) is 13.8. The minimum absolute atomic E-state index is 0.140. The van der Waals surface area contributed by atoms with Crippen LogP contribution in [-0.4, -0.2) is 17.8 Å². The van der Waals surface area contributed by atoms with Gasteiger partial charge < -0.3 is 15.2 Å². The summed E-state index contributed by atoms with van der Waals surface area (Å²) in [5.41, 5.74) is 7.16. The topological polar surface area (TPSA) is 31.1 Å². The molecule has 0 saturated heterocycles. The van der Waals surface area contributed by atoms with Crippen molar-refractivity contribution in [2.75, 3.05) is 23.0 Å². The highest BCUT2D eigenvalue weighted by molar-refractivity contribution is 7.98. The van der Waals surface area contributed by atoms with Gasteiger partial charge in [-0.05, 0) is 85.2 Å². The Labute approximate surface area is 164 Å². The SMILES string of the molecule is CSc1ccc(Nc2c(C)cc(N3CCc4cc(F)ccc4C3)cc2C)[nH]1. The number of aryl methyl sites for hydroxylation is 2. The van der Waals surface area contributed by atoms with Gasteiger partial charge in [-0.3, -0.25) is 0 Å². The van der Waals surface area contributed by atoms with Gasteiger partial charge in [0, 0.05) is 24.5 Å². The van der Waals surface area contributed by atoms with Crippen LogP contribution in [0.5, 0.6) is 0 Å². The van der Waals surface area contributed by atoms with Gasteiger partial charge >= 0.3 is 0 Å². The highest BCUT2D eigenvalue weighted by Gasteiger charge is 2.18. The minimum Gasteiger partial charge on any atom is -0.367 e. The number of aromatic amines is 1. The summed E-state index contributed by atoms with van der Waals surface area (Å²) >= 11 is 1.70. The first-order chi connectivity index (χ1) is 13.0. The van der Waals surface area contributed by atoms with E-state index < -0.39 is 0 Å². The molecule has 0 aliphatic carbocycles. The zero-order valence-electron chi connectivity index (χ0n) is 15.9. The lowest BCUT2D eigenvalue weighted by atomic mass is 9.98. The summed E-state index contributed by atoms with van der Waals surface area (Å²) in [6.45, 7) is 6.03. The average Bonchev–Trinajstić information content (AvgIpc) is 3.12. The minimum atomic E-state index is -0.140. The smallest absolute Gasteiger partial charge is 0.123 e. The number of halogens is 1. The van der Waals surface area contributed by atoms with Crippen LogP contribution >= 0.6 is 11.8 Å². The third-order valence-electron chi connectivity index (χ3n) is 5.20. The zero-order valence-corrected chi connectivity index (χ0v) is 16.7. The Morgan fingerprint density at radius 1 is 1.04 bits per heavy atom. The largest absolute Gasteiger partial charge is 0.367 e. The molecule has 2 aromatic carbocycles. The highest BCUT2D eigenvalue weighted by atomic mass is 32.2. The molecule has 1 aliphatic heterocycles. The van der Waals surface area contributed by atoms with Gasteiger partial charge in [0.05, 0.1) is 5.03 Å². The van der Waals surface area contributed by atoms with Crippen molar-refractivity contribution in [2.24, 2.45) is 0 Å². The third-order valence-corrected chi connectivity index (χ3v) is 5.88. The Morgan fingerprint density at radius 3 is 2.52 bits per heavy atom. The summed E-state index contributed by atoms with van der Waals surface area (Å²) in [5.74, 6) is 0.866. The Bertz CT molecular complexity index is 956. The van der Waals surface area contributed by atoms with E-state index in [2.05, 4.69) is 59.6 Å². The van der Waals surface area contributed by atoms with E-state index in [9.17, 15) is 4.39 Å². The molecule has 27 heavy (non-hydrogen) atoms. The predicted octanol–water partition coefficient (Wildman–Crippen LogP) is 5.80. The van der Waals surface area contributed by atoms with Gasteiger partial charge in [0.2, 0.25) is 0 Å². The molecule has 0 unspecified atom stereocenters. The molecule has 2 heterocycles. The summed E-state index contributed by atoms with van der Waals surface area (Å²) in [6.07, 6.45) is 2.94. The fraction of sp³-hybridized carbons (Fsp3) is 0.273. The molecular formula is C22H24FN3S. The van der Waals surface area contributed by atoms with Gasteiger partial charge in [-0.1, -0.05) is 6.07 Å². The van der Waals surface area contributed by atoms with Crippen LogP contribution in [0.4, 0.5) is 21.6 Å². The molecule has 3 nitrogen and oxygen atoms in total. The third kappa shape index (κ3) is 3.69. The molecule has 3 aromatic rings. The number of thioether (sulfide) groups is 1. The number of nitrogens with zero attached hydrogens (tertiary/aromatic N) is 1. The van der Waals surface area contributed by atoms with E-state index in [0.29, 0.717) is 0 Å². The van der Waals surface area contributed by atoms with Gasteiger partial charge in [-0.2, -0.15) is 0 Å². The molecular weight excluding hydrogens is 357 g/mol. The molecule has 0 saturated carbocycles. The quantitative estimate of drug-likeness (QED) is 0.560. The van der Waals surface area contributed by atoms with E-state index in [-0.39, 0.29) is 5.82 Å². The monoisotopic (exact) mass is 381 g/mol. The molecule has 0 bridgehead atoms. The number of anilines is 3. The maximum absolute atomic E-state index is 13.4. The van der Waals surface area contributed by atoms with Crippen molar-refractivity contribution in [1.29, 1.82) is 0 Å². The summed E-state index contributed by atoms with van der Waals surface area (Å²) < 4.78 is 13.4. The fourth-order valence-corrected chi connectivity index (χ4v) is 4.18. The van der Waals surface area contributed by atoms with Crippen LogP contribution in [0.2, 0.25) is 0 Å². The Kier molecular flexibility index (Phi) is 4.87. The number of aromatic nitrogens is 1. The average molecular weight is 382 g/mol. The van der Waals surface area contributed by atoms with E-state index in [1.807, 2.05) is 6.07 Å². The lowest BCUT2D eigenvalue weighted by Crippen LogP contribution is -2.30. The molecule has 0 atom stereocenters. The summed E-state index contributed by atoms with van der Waals surface area (Å²) in [4.78, 5) is 5.75. The Balaban J connectivity index is 1.57. The first-order valence-corrected chi connectivity index (χ1v) is 10.4. The standard InChI is InChI=1S/C22H24FN3S/c1-14-10-19(26-9-8-16-12-18(23)5-4-17(16)13-26)11-15(2)22(14)25-20-6-7-21(24-20)27-3/h4-7,10-12,24-25H,8-9,13H2,1-3H3. The molecule has 0 amide bonds. The van der Waals surface area contributed by atoms with Gasteiger partial charge in [0.15, 0.2) is 0 Å². The van der Waals surface area contributed by atoms with Gasteiger partial charge in [-0.25, -0.2) is 4.39 Å². The fourth-order valence-electron chi connectivity index (χ4n) is 3.76. The zero-order chi connectivity index (χ0) is 19.0. The van der Waals surface area contributed by atoms with Gasteiger partial charge in [0.25, 0.3) is 0 Å². The molecule has 4 rings (SSSR count). The van der Waals surface area contributed by atoms with E-state index >= 15 is 0 Å². The predicted molar refractivity (Wildman–Crippen MR) is 113 cm³/mol. The van der Waals surface area contributed by atoms with Crippen molar-refractivity contribution in [2.45, 2.75) is 31.8 Å². The Hall–Kier alpha value is -2.40. The van der Waals surface area contributed by atoms with Crippen LogP contribution in [0.3, 0.4) is 0 Å². The first kappa shape index (κ1) is 18.0. The number of benzene rings is 2. The second-order valence-electron chi connectivity index (χ2n) is 7.10. The van der Waals surface area contributed by atoms with Crippen LogP contribution in [0.25, 0.3) is 0 Å². The number of hydrogen-bond acceptors (Lipinski definition) is 3. The molecule has 0 radical (unpaired) electrons. The van der Waals surface area contributed by atoms with Crippen molar-refractivity contribution in [3.8, 4) is 0 Å². The first-order valence-electron chi connectivity index (χ1n) is 9.17. The molecule has 0 spiro atoms. The number of hydrogen-bond donors (Lipinski definition) is 2. The van der Waals surface area contributed by atoms with Crippen LogP contribution < -0.4 is 10.2 Å². The van der Waals surface area contributed by atoms with Crippen molar-refractivity contribution in [1.82, 2.24) is 4.98 Å².